The summed E-state index contributed by atoms with van der Waals surface area (Å²) >= 11 is 0. The van der Waals surface area contributed by atoms with E-state index in [-0.39, 0.29) is 12.8 Å². The number of rotatable bonds is 6. The van der Waals surface area contributed by atoms with Gasteiger partial charge in [0.2, 0.25) is 0 Å². The summed E-state index contributed by atoms with van der Waals surface area (Å²) in [5.41, 5.74) is 15.8. The van der Waals surface area contributed by atoms with Crippen LogP contribution in [0.1, 0.15) is 26.7 Å². The molecule has 0 rings (SSSR count). The topological polar surface area (TPSA) is 165 Å². The van der Waals surface area contributed by atoms with Crippen LogP contribution in [0.15, 0.2) is 0 Å². The van der Waals surface area contributed by atoms with Gasteiger partial charge in [-0.25, -0.2) is 14.4 Å². The van der Waals surface area contributed by atoms with Crippen LogP contribution in [-0.4, -0.2) is 42.0 Å². The van der Waals surface area contributed by atoms with Gasteiger partial charge in [-0.15, -0.1) is 0 Å². The fourth-order valence-electron chi connectivity index (χ4n) is 0.915. The highest BCUT2D eigenvalue weighted by Crippen LogP contribution is 2.01. The summed E-state index contributed by atoms with van der Waals surface area (Å²) in [5.74, 6) is -3.66. The fourth-order valence-corrected chi connectivity index (χ4v) is 0.915. The standard InChI is InChI=1S/C11H19N3O6/c1-5(12)9(16)19-8(15)4-3-7(14)11(18)20-10(17)6(2)13/h5-7H,3-4,12-14H2,1-2H3/t5-,6-,7-/m0/s1. The van der Waals surface area contributed by atoms with Gasteiger partial charge < -0.3 is 26.7 Å². The molecule has 0 aromatic heterocycles. The predicted molar refractivity (Wildman–Crippen MR) is 66.7 cm³/mol. The van der Waals surface area contributed by atoms with Crippen molar-refractivity contribution in [3.8, 4) is 0 Å². The van der Waals surface area contributed by atoms with Gasteiger partial charge in [0.15, 0.2) is 0 Å². The molecule has 0 saturated heterocycles. The van der Waals surface area contributed by atoms with Crippen molar-refractivity contribution in [1.29, 1.82) is 0 Å². The van der Waals surface area contributed by atoms with Gasteiger partial charge in [-0.2, -0.15) is 0 Å². The Balaban J connectivity index is 4.12. The third-order valence-electron chi connectivity index (χ3n) is 2.12. The van der Waals surface area contributed by atoms with Crippen molar-refractivity contribution in [2.45, 2.75) is 44.8 Å². The van der Waals surface area contributed by atoms with Crippen LogP contribution in [0.4, 0.5) is 0 Å². The first-order valence-electron chi connectivity index (χ1n) is 5.92. The normalized spacial score (nSPS) is 14.8. The Kier molecular flexibility index (Phi) is 7.59. The zero-order valence-electron chi connectivity index (χ0n) is 11.3. The van der Waals surface area contributed by atoms with E-state index in [2.05, 4.69) is 9.47 Å². The Labute approximate surface area is 115 Å². The van der Waals surface area contributed by atoms with Crippen molar-refractivity contribution in [2.75, 3.05) is 0 Å². The number of ether oxygens (including phenoxy) is 2. The average Bonchev–Trinajstić information content (AvgIpc) is 2.35. The molecule has 9 heteroatoms. The smallest absolute Gasteiger partial charge is 0.330 e. The van der Waals surface area contributed by atoms with Crippen LogP contribution >= 0.6 is 0 Å². The zero-order chi connectivity index (χ0) is 15.9. The highest BCUT2D eigenvalue weighted by molar-refractivity contribution is 5.91. The van der Waals surface area contributed by atoms with E-state index in [0.717, 1.165) is 0 Å². The maximum absolute atomic E-state index is 11.3. The van der Waals surface area contributed by atoms with Crippen molar-refractivity contribution in [1.82, 2.24) is 0 Å². The Morgan fingerprint density at radius 2 is 1.30 bits per heavy atom. The number of hydrogen-bond acceptors (Lipinski definition) is 9. The van der Waals surface area contributed by atoms with Crippen molar-refractivity contribution < 1.29 is 28.7 Å². The Hall–Kier alpha value is -1.84. The molecule has 0 aromatic carbocycles. The lowest BCUT2D eigenvalue weighted by molar-refractivity contribution is -0.161. The minimum atomic E-state index is -1.20. The number of hydrogen-bond donors (Lipinski definition) is 3. The highest BCUT2D eigenvalue weighted by atomic mass is 16.6. The van der Waals surface area contributed by atoms with Crippen LogP contribution in [-0.2, 0) is 28.7 Å². The van der Waals surface area contributed by atoms with E-state index in [9.17, 15) is 19.2 Å². The first-order chi connectivity index (χ1) is 9.15. The second-order valence-electron chi connectivity index (χ2n) is 4.26. The summed E-state index contributed by atoms with van der Waals surface area (Å²) in [4.78, 5) is 44.6. The van der Waals surface area contributed by atoms with Crippen LogP contribution < -0.4 is 17.2 Å². The van der Waals surface area contributed by atoms with Crippen LogP contribution in [0.5, 0.6) is 0 Å². The van der Waals surface area contributed by atoms with Crippen molar-refractivity contribution in [2.24, 2.45) is 17.2 Å². The molecule has 6 N–H and O–H groups in total. The monoisotopic (exact) mass is 289 g/mol. The highest BCUT2D eigenvalue weighted by Gasteiger charge is 2.22. The molecule has 0 bridgehead atoms. The number of esters is 4. The van der Waals surface area contributed by atoms with Crippen LogP contribution in [0.2, 0.25) is 0 Å². The molecule has 0 radical (unpaired) electrons. The molecule has 0 fully saturated rings. The second-order valence-corrected chi connectivity index (χ2v) is 4.26. The summed E-state index contributed by atoms with van der Waals surface area (Å²) in [7, 11) is 0. The molecule has 0 aliphatic heterocycles. The molecule has 0 unspecified atom stereocenters. The Morgan fingerprint density at radius 1 is 0.850 bits per heavy atom. The molecular formula is C11H19N3O6. The Morgan fingerprint density at radius 3 is 1.75 bits per heavy atom. The summed E-state index contributed by atoms with van der Waals surface area (Å²) in [6.45, 7) is 2.70. The molecule has 0 aromatic rings. The van der Waals surface area contributed by atoms with Gasteiger partial charge in [0, 0.05) is 6.42 Å². The van der Waals surface area contributed by atoms with Gasteiger partial charge in [0.1, 0.15) is 18.1 Å². The van der Waals surface area contributed by atoms with Crippen LogP contribution in [0.3, 0.4) is 0 Å². The second kappa shape index (κ2) is 8.35. The maximum atomic E-state index is 11.3. The largest absolute Gasteiger partial charge is 0.392 e. The first kappa shape index (κ1) is 18.2. The molecular weight excluding hydrogens is 270 g/mol. The van der Waals surface area contributed by atoms with Gasteiger partial charge in [-0.1, -0.05) is 0 Å². The molecule has 20 heavy (non-hydrogen) atoms. The summed E-state index contributed by atoms with van der Waals surface area (Å²) in [6, 6.07) is -3.09. The SMILES string of the molecule is C[C@H](N)C(=O)OC(=O)CC[C@H](N)C(=O)OC(=O)[C@H](C)N. The lowest BCUT2D eigenvalue weighted by atomic mass is 10.2. The fraction of sp³-hybridized carbons (Fsp3) is 0.636. The van der Waals surface area contributed by atoms with E-state index in [0.29, 0.717) is 0 Å². The predicted octanol–water partition coefficient (Wildman–Crippen LogP) is -2.07. The lowest BCUT2D eigenvalue weighted by Crippen LogP contribution is -2.38. The van der Waals surface area contributed by atoms with Crippen molar-refractivity contribution in [3.05, 3.63) is 0 Å². The first-order valence-corrected chi connectivity index (χ1v) is 5.92. The summed E-state index contributed by atoms with van der Waals surface area (Å²) in [6.07, 6.45) is -0.433. The average molecular weight is 289 g/mol. The van der Waals surface area contributed by atoms with Crippen molar-refractivity contribution in [3.63, 3.8) is 0 Å². The van der Waals surface area contributed by atoms with E-state index in [1.165, 1.54) is 13.8 Å². The molecule has 0 amide bonds. The van der Waals surface area contributed by atoms with Gasteiger partial charge in [-0.05, 0) is 20.3 Å². The van der Waals surface area contributed by atoms with Gasteiger partial charge in [-0.3, -0.25) is 4.79 Å². The van der Waals surface area contributed by atoms with Gasteiger partial charge >= 0.3 is 23.9 Å². The molecule has 9 nitrogen and oxygen atoms in total. The Bertz CT molecular complexity index is 394. The molecule has 0 saturated carbocycles. The van der Waals surface area contributed by atoms with E-state index in [1.54, 1.807) is 0 Å². The molecule has 0 spiro atoms. The summed E-state index contributed by atoms with van der Waals surface area (Å²) in [5, 5.41) is 0. The quantitative estimate of drug-likeness (QED) is 0.367. The number of carbonyl (C=O) groups is 4. The van der Waals surface area contributed by atoms with Crippen LogP contribution in [0.25, 0.3) is 0 Å². The van der Waals surface area contributed by atoms with E-state index in [4.69, 9.17) is 17.2 Å². The molecule has 0 aliphatic carbocycles. The third kappa shape index (κ3) is 6.92. The molecule has 0 heterocycles. The minimum Gasteiger partial charge on any atom is -0.392 e. The van der Waals surface area contributed by atoms with E-state index >= 15 is 0 Å². The van der Waals surface area contributed by atoms with E-state index < -0.39 is 42.0 Å². The third-order valence-corrected chi connectivity index (χ3v) is 2.12. The number of nitrogens with two attached hydrogens (primary N) is 3. The summed E-state index contributed by atoms with van der Waals surface area (Å²) < 4.78 is 8.72. The minimum absolute atomic E-state index is 0.143. The maximum Gasteiger partial charge on any atom is 0.330 e. The van der Waals surface area contributed by atoms with E-state index in [1.807, 2.05) is 0 Å². The lowest BCUT2D eigenvalue weighted by Gasteiger charge is -2.11. The van der Waals surface area contributed by atoms with Crippen LogP contribution in [0, 0.1) is 0 Å². The zero-order valence-corrected chi connectivity index (χ0v) is 11.3. The number of carbonyl (C=O) groups excluding carboxylic acids is 4. The molecule has 114 valence electrons. The molecule has 3 atom stereocenters. The van der Waals surface area contributed by atoms with Gasteiger partial charge in [0.05, 0.1) is 0 Å². The van der Waals surface area contributed by atoms with Gasteiger partial charge in [0.25, 0.3) is 0 Å². The molecule has 0 aliphatic rings. The van der Waals surface area contributed by atoms with Crippen molar-refractivity contribution >= 4 is 23.9 Å².